The van der Waals surface area contributed by atoms with Gasteiger partial charge in [-0.3, -0.25) is 4.79 Å². The summed E-state index contributed by atoms with van der Waals surface area (Å²) in [6.45, 7) is 4.02. The van der Waals surface area contributed by atoms with Crippen molar-refractivity contribution in [3.63, 3.8) is 0 Å². The van der Waals surface area contributed by atoms with Crippen LogP contribution in [0.3, 0.4) is 0 Å². The third-order valence-electron chi connectivity index (χ3n) is 3.60. The van der Waals surface area contributed by atoms with Gasteiger partial charge in [0.05, 0.1) is 10.6 Å². The maximum atomic E-state index is 12.2. The maximum Gasteiger partial charge on any atom is 0.242 e. The molecule has 0 atom stereocenters. The molecule has 0 aliphatic heterocycles. The highest BCUT2D eigenvalue weighted by atomic mass is 32.2. The lowest BCUT2D eigenvalue weighted by Crippen LogP contribution is -2.22. The number of rotatable bonds is 6. The van der Waals surface area contributed by atoms with Crippen LogP contribution in [0, 0.1) is 13.8 Å². The maximum absolute atomic E-state index is 12.2. The minimum Gasteiger partial charge on any atom is -0.325 e. The monoisotopic (exact) mass is 378 g/mol. The van der Waals surface area contributed by atoms with Crippen LogP contribution >= 0.6 is 11.8 Å². The third-order valence-corrected chi connectivity index (χ3v) is 6.57. The standard InChI is InChI=1S/C18H22N2O3S2/c1-13-8-9-14(2)17(10-13)24-12-18(21)19-15-6-5-7-16(11-15)25(22,23)20(3)4/h5-11H,12H2,1-4H3,(H,19,21). The Kier molecular flexibility index (Phi) is 6.26. The molecule has 2 rings (SSSR count). The summed E-state index contributed by atoms with van der Waals surface area (Å²) < 4.78 is 25.5. The first-order valence-electron chi connectivity index (χ1n) is 7.72. The zero-order valence-corrected chi connectivity index (χ0v) is 16.4. The quantitative estimate of drug-likeness (QED) is 0.784. The molecule has 0 saturated heterocycles. The Morgan fingerprint density at radius 3 is 2.52 bits per heavy atom. The second-order valence-corrected chi connectivity index (χ2v) is 9.09. The summed E-state index contributed by atoms with van der Waals surface area (Å²) in [5.74, 6) is 0.0832. The third kappa shape index (κ3) is 5.07. The van der Waals surface area contributed by atoms with Gasteiger partial charge in [-0.2, -0.15) is 0 Å². The Labute approximate surface area is 153 Å². The molecule has 0 heterocycles. The number of carbonyl (C=O) groups is 1. The number of amides is 1. The smallest absolute Gasteiger partial charge is 0.242 e. The van der Waals surface area contributed by atoms with Crippen LogP contribution in [0.5, 0.6) is 0 Å². The lowest BCUT2D eigenvalue weighted by molar-refractivity contribution is -0.113. The zero-order valence-electron chi connectivity index (χ0n) is 14.7. The van der Waals surface area contributed by atoms with Crippen LogP contribution in [0.15, 0.2) is 52.3 Å². The summed E-state index contributed by atoms with van der Waals surface area (Å²) in [4.78, 5) is 13.4. The van der Waals surface area contributed by atoms with Crippen molar-refractivity contribution in [3.8, 4) is 0 Å². The van der Waals surface area contributed by atoms with Crippen molar-refractivity contribution in [3.05, 3.63) is 53.6 Å². The number of sulfonamides is 1. The van der Waals surface area contributed by atoms with Crippen molar-refractivity contribution in [2.24, 2.45) is 0 Å². The van der Waals surface area contributed by atoms with Gasteiger partial charge in [0.1, 0.15) is 0 Å². The Hall–Kier alpha value is -1.83. The molecule has 5 nitrogen and oxygen atoms in total. The van der Waals surface area contributed by atoms with Crippen LogP contribution in [0.25, 0.3) is 0 Å². The van der Waals surface area contributed by atoms with E-state index in [4.69, 9.17) is 0 Å². The number of carbonyl (C=O) groups excluding carboxylic acids is 1. The number of nitrogens with one attached hydrogen (secondary N) is 1. The highest BCUT2D eigenvalue weighted by Crippen LogP contribution is 2.24. The van der Waals surface area contributed by atoms with E-state index in [1.54, 1.807) is 12.1 Å². The molecule has 2 aromatic carbocycles. The Morgan fingerprint density at radius 1 is 1.12 bits per heavy atom. The average molecular weight is 379 g/mol. The van der Waals surface area contributed by atoms with E-state index in [9.17, 15) is 13.2 Å². The van der Waals surface area contributed by atoms with Crippen molar-refractivity contribution >= 4 is 33.4 Å². The zero-order chi connectivity index (χ0) is 18.6. The van der Waals surface area contributed by atoms with E-state index in [1.165, 1.54) is 38.0 Å². The van der Waals surface area contributed by atoms with Crippen LogP contribution in [-0.2, 0) is 14.8 Å². The van der Waals surface area contributed by atoms with Gasteiger partial charge in [0.15, 0.2) is 0 Å². The highest BCUT2D eigenvalue weighted by Gasteiger charge is 2.17. The van der Waals surface area contributed by atoms with Crippen LogP contribution in [0.2, 0.25) is 0 Å². The predicted molar refractivity (Wildman–Crippen MR) is 103 cm³/mol. The number of hydrogen-bond donors (Lipinski definition) is 1. The molecule has 0 spiro atoms. The number of thioether (sulfide) groups is 1. The fraction of sp³-hybridized carbons (Fsp3) is 0.278. The van der Waals surface area contributed by atoms with Gasteiger partial charge in [-0.25, -0.2) is 12.7 Å². The topological polar surface area (TPSA) is 66.5 Å². The predicted octanol–water partition coefficient (Wildman–Crippen LogP) is 3.28. The summed E-state index contributed by atoms with van der Waals surface area (Å²) in [5.41, 5.74) is 2.74. The van der Waals surface area contributed by atoms with E-state index in [-0.39, 0.29) is 16.6 Å². The normalized spacial score (nSPS) is 11.6. The average Bonchev–Trinajstić information content (AvgIpc) is 2.55. The van der Waals surface area contributed by atoms with Gasteiger partial charge in [0.25, 0.3) is 0 Å². The Bertz CT molecular complexity index is 878. The second-order valence-electron chi connectivity index (χ2n) is 5.92. The van der Waals surface area contributed by atoms with Gasteiger partial charge in [-0.05, 0) is 43.7 Å². The first-order chi connectivity index (χ1) is 11.7. The van der Waals surface area contributed by atoms with Crippen molar-refractivity contribution < 1.29 is 13.2 Å². The first-order valence-corrected chi connectivity index (χ1v) is 10.1. The Balaban J connectivity index is 2.05. The van der Waals surface area contributed by atoms with Crippen molar-refractivity contribution in [1.82, 2.24) is 4.31 Å². The first kappa shape index (κ1) is 19.5. The number of anilines is 1. The second kappa shape index (κ2) is 8.03. The van der Waals surface area contributed by atoms with Crippen molar-refractivity contribution in [2.75, 3.05) is 25.2 Å². The molecule has 0 aliphatic carbocycles. The van der Waals surface area contributed by atoms with Crippen LogP contribution < -0.4 is 5.32 Å². The molecule has 25 heavy (non-hydrogen) atoms. The van der Waals surface area contributed by atoms with Crippen LogP contribution in [0.4, 0.5) is 5.69 Å². The van der Waals surface area contributed by atoms with Crippen LogP contribution in [0.1, 0.15) is 11.1 Å². The molecule has 1 N–H and O–H groups in total. The van der Waals surface area contributed by atoms with E-state index in [0.29, 0.717) is 5.69 Å². The minimum absolute atomic E-state index is 0.150. The molecule has 2 aromatic rings. The number of aryl methyl sites for hydroxylation is 2. The lowest BCUT2D eigenvalue weighted by atomic mass is 10.2. The molecule has 0 bridgehead atoms. The number of benzene rings is 2. The van der Waals surface area contributed by atoms with Gasteiger partial charge in [-0.15, -0.1) is 11.8 Å². The fourth-order valence-corrected chi connectivity index (χ4v) is 4.02. The highest BCUT2D eigenvalue weighted by molar-refractivity contribution is 8.00. The van der Waals surface area contributed by atoms with Gasteiger partial charge in [0, 0.05) is 24.7 Å². The summed E-state index contributed by atoms with van der Waals surface area (Å²) >= 11 is 1.46. The summed E-state index contributed by atoms with van der Waals surface area (Å²) in [5, 5.41) is 2.75. The fourth-order valence-electron chi connectivity index (χ4n) is 2.15. The van der Waals surface area contributed by atoms with Crippen LogP contribution in [-0.4, -0.2) is 38.5 Å². The molecule has 0 unspecified atom stereocenters. The molecule has 0 fully saturated rings. The van der Waals surface area contributed by atoms with E-state index in [1.807, 2.05) is 26.0 Å². The van der Waals surface area contributed by atoms with Gasteiger partial charge >= 0.3 is 0 Å². The summed E-state index contributed by atoms with van der Waals surface area (Å²) in [7, 11) is -0.577. The molecule has 134 valence electrons. The molecule has 0 aromatic heterocycles. The van der Waals surface area contributed by atoms with Gasteiger partial charge in [0.2, 0.25) is 15.9 Å². The molecule has 1 amide bonds. The van der Waals surface area contributed by atoms with E-state index in [2.05, 4.69) is 11.4 Å². The van der Waals surface area contributed by atoms with Crippen molar-refractivity contribution in [2.45, 2.75) is 23.6 Å². The molecule has 0 aliphatic rings. The molecule has 0 saturated carbocycles. The number of hydrogen-bond acceptors (Lipinski definition) is 4. The number of nitrogens with zero attached hydrogens (tertiary/aromatic N) is 1. The molecular weight excluding hydrogens is 356 g/mol. The van der Waals surface area contributed by atoms with E-state index < -0.39 is 10.0 Å². The van der Waals surface area contributed by atoms with Gasteiger partial charge in [-0.1, -0.05) is 23.8 Å². The van der Waals surface area contributed by atoms with E-state index >= 15 is 0 Å². The largest absolute Gasteiger partial charge is 0.325 e. The minimum atomic E-state index is -3.52. The summed E-state index contributed by atoms with van der Waals surface area (Å²) in [6.07, 6.45) is 0. The summed E-state index contributed by atoms with van der Waals surface area (Å²) in [6, 6.07) is 12.4. The van der Waals surface area contributed by atoms with E-state index in [0.717, 1.165) is 20.3 Å². The Morgan fingerprint density at radius 2 is 1.84 bits per heavy atom. The molecular formula is C18H22N2O3S2. The lowest BCUT2D eigenvalue weighted by Gasteiger charge is -2.13. The molecule has 7 heteroatoms. The van der Waals surface area contributed by atoms with Gasteiger partial charge < -0.3 is 5.32 Å². The molecule has 0 radical (unpaired) electrons. The van der Waals surface area contributed by atoms with Crippen molar-refractivity contribution in [1.29, 1.82) is 0 Å². The SMILES string of the molecule is Cc1ccc(C)c(SCC(=O)Nc2cccc(S(=O)(=O)N(C)C)c2)c1.